The van der Waals surface area contributed by atoms with Crippen LogP contribution in [0, 0.1) is 0 Å². The van der Waals surface area contributed by atoms with Crippen LogP contribution < -0.4 is 4.74 Å². The summed E-state index contributed by atoms with van der Waals surface area (Å²) in [5.41, 5.74) is 3.64. The quantitative estimate of drug-likeness (QED) is 0.338. The number of benzene rings is 2. The van der Waals surface area contributed by atoms with Crippen LogP contribution in [0.1, 0.15) is 18.2 Å². The largest absolute Gasteiger partial charge is 0.493 e. The highest BCUT2D eigenvalue weighted by atomic mass is 35.5. The Morgan fingerprint density at radius 3 is 2.47 bits per heavy atom. The zero-order chi connectivity index (χ0) is 20.9. The lowest BCUT2D eigenvalue weighted by atomic mass is 10.2. The van der Waals surface area contributed by atoms with Crippen molar-refractivity contribution in [2.45, 2.75) is 19.8 Å². The molecule has 152 valence electrons. The highest BCUT2D eigenvalue weighted by molar-refractivity contribution is 6.35. The fraction of sp³-hybridized carbons (Fsp3) is 0.174. The highest BCUT2D eigenvalue weighted by Crippen LogP contribution is 2.31. The van der Waals surface area contributed by atoms with E-state index in [4.69, 9.17) is 32.4 Å². The van der Waals surface area contributed by atoms with Crippen LogP contribution in [0.2, 0.25) is 10.0 Å². The van der Waals surface area contributed by atoms with E-state index in [0.29, 0.717) is 34.0 Å². The standard InChI is InChI=1S/C23H19Cl2N3O2/c1-2-15-3-7-18(26-14-15)11-12-29-19-8-4-16(5-9-19)22-27-28-23(30-22)20-13-17(24)6-10-21(20)25/h3-10,13-14H,2,11-12H2,1H3. The van der Waals surface area contributed by atoms with Crippen LogP contribution >= 0.6 is 23.2 Å². The SMILES string of the molecule is CCc1ccc(CCOc2ccc(-c3nnc(-c4cc(Cl)ccc4Cl)o3)cc2)nc1. The predicted molar refractivity (Wildman–Crippen MR) is 118 cm³/mol. The summed E-state index contributed by atoms with van der Waals surface area (Å²) in [6, 6.07) is 16.8. The molecule has 0 saturated carbocycles. The molecule has 0 unspecified atom stereocenters. The lowest BCUT2D eigenvalue weighted by molar-refractivity contribution is 0.320. The van der Waals surface area contributed by atoms with E-state index in [9.17, 15) is 0 Å². The number of aromatic nitrogens is 3. The Morgan fingerprint density at radius 2 is 1.73 bits per heavy atom. The van der Waals surface area contributed by atoms with Gasteiger partial charge in [0.25, 0.3) is 0 Å². The van der Waals surface area contributed by atoms with Crippen molar-refractivity contribution in [1.29, 1.82) is 0 Å². The van der Waals surface area contributed by atoms with Gasteiger partial charge in [-0.05, 0) is 60.5 Å². The summed E-state index contributed by atoms with van der Waals surface area (Å²) in [5.74, 6) is 1.48. The van der Waals surface area contributed by atoms with E-state index in [1.165, 1.54) is 5.56 Å². The first-order valence-corrected chi connectivity index (χ1v) is 10.3. The molecular formula is C23H19Cl2N3O2. The van der Waals surface area contributed by atoms with Crippen molar-refractivity contribution < 1.29 is 9.15 Å². The minimum atomic E-state index is 0.319. The van der Waals surface area contributed by atoms with Gasteiger partial charge in [0.05, 0.1) is 17.2 Å². The van der Waals surface area contributed by atoms with E-state index in [2.05, 4.69) is 28.2 Å². The monoisotopic (exact) mass is 439 g/mol. The summed E-state index contributed by atoms with van der Waals surface area (Å²) < 4.78 is 11.6. The van der Waals surface area contributed by atoms with E-state index in [0.717, 1.165) is 29.8 Å². The Hall–Kier alpha value is -2.89. The molecule has 2 heterocycles. The molecule has 0 amide bonds. The third kappa shape index (κ3) is 4.81. The van der Waals surface area contributed by atoms with Gasteiger partial charge in [-0.15, -0.1) is 10.2 Å². The molecule has 0 bridgehead atoms. The second-order valence-electron chi connectivity index (χ2n) is 6.67. The van der Waals surface area contributed by atoms with Crippen molar-refractivity contribution in [2.75, 3.05) is 6.61 Å². The maximum absolute atomic E-state index is 6.21. The van der Waals surface area contributed by atoms with Crippen molar-refractivity contribution in [3.63, 3.8) is 0 Å². The first-order chi connectivity index (χ1) is 14.6. The zero-order valence-corrected chi connectivity index (χ0v) is 17.8. The number of aryl methyl sites for hydroxylation is 1. The molecule has 0 atom stereocenters. The molecule has 2 aromatic carbocycles. The molecule has 2 aromatic heterocycles. The van der Waals surface area contributed by atoms with Crippen molar-refractivity contribution in [3.05, 3.63) is 82.1 Å². The minimum Gasteiger partial charge on any atom is -0.493 e. The van der Waals surface area contributed by atoms with Crippen LogP contribution in [0.25, 0.3) is 22.9 Å². The maximum Gasteiger partial charge on any atom is 0.249 e. The normalized spacial score (nSPS) is 10.9. The molecular weight excluding hydrogens is 421 g/mol. The predicted octanol–water partition coefficient (Wildman–Crippen LogP) is 6.29. The number of rotatable bonds is 7. The topological polar surface area (TPSA) is 61.0 Å². The molecule has 0 aliphatic carbocycles. The van der Waals surface area contributed by atoms with Crippen molar-refractivity contribution >= 4 is 23.2 Å². The average Bonchev–Trinajstić information content (AvgIpc) is 3.26. The molecule has 4 aromatic rings. The average molecular weight is 440 g/mol. The van der Waals surface area contributed by atoms with E-state index >= 15 is 0 Å². The van der Waals surface area contributed by atoms with E-state index < -0.39 is 0 Å². The summed E-state index contributed by atoms with van der Waals surface area (Å²) in [6.45, 7) is 2.67. The van der Waals surface area contributed by atoms with Gasteiger partial charge in [0.2, 0.25) is 11.8 Å². The summed E-state index contributed by atoms with van der Waals surface area (Å²) >= 11 is 12.2. The van der Waals surface area contributed by atoms with Crippen molar-refractivity contribution in [2.24, 2.45) is 0 Å². The Kier molecular flexibility index (Phi) is 6.31. The molecule has 30 heavy (non-hydrogen) atoms. The number of pyridine rings is 1. The van der Waals surface area contributed by atoms with Gasteiger partial charge in [-0.2, -0.15) is 0 Å². The molecule has 0 fully saturated rings. The Labute approximate surface area is 184 Å². The lowest BCUT2D eigenvalue weighted by Crippen LogP contribution is -2.03. The van der Waals surface area contributed by atoms with Gasteiger partial charge in [-0.3, -0.25) is 4.98 Å². The van der Waals surface area contributed by atoms with Gasteiger partial charge in [0.1, 0.15) is 5.75 Å². The van der Waals surface area contributed by atoms with Crippen molar-refractivity contribution in [3.8, 4) is 28.7 Å². The number of hydrogen-bond acceptors (Lipinski definition) is 5. The Morgan fingerprint density at radius 1 is 0.933 bits per heavy atom. The molecule has 4 rings (SSSR count). The fourth-order valence-corrected chi connectivity index (χ4v) is 3.26. The molecule has 0 aliphatic rings. The van der Waals surface area contributed by atoms with Gasteiger partial charge < -0.3 is 9.15 Å². The van der Waals surface area contributed by atoms with Gasteiger partial charge in [-0.25, -0.2) is 0 Å². The van der Waals surface area contributed by atoms with E-state index in [1.54, 1.807) is 18.2 Å². The van der Waals surface area contributed by atoms with Crippen LogP contribution in [0.3, 0.4) is 0 Å². The van der Waals surface area contributed by atoms with Gasteiger partial charge in [0.15, 0.2) is 0 Å². The molecule has 0 aliphatic heterocycles. The molecule has 7 heteroatoms. The summed E-state index contributed by atoms with van der Waals surface area (Å²) in [7, 11) is 0. The number of halogens is 2. The smallest absolute Gasteiger partial charge is 0.249 e. The second-order valence-corrected chi connectivity index (χ2v) is 7.51. The molecule has 0 radical (unpaired) electrons. The van der Waals surface area contributed by atoms with Gasteiger partial charge in [-0.1, -0.05) is 36.2 Å². The molecule has 0 N–H and O–H groups in total. The molecule has 5 nitrogen and oxygen atoms in total. The fourth-order valence-electron chi connectivity index (χ4n) is 2.89. The third-order valence-electron chi connectivity index (χ3n) is 4.61. The third-order valence-corrected chi connectivity index (χ3v) is 5.17. The molecule has 0 saturated heterocycles. The van der Waals surface area contributed by atoms with Gasteiger partial charge >= 0.3 is 0 Å². The molecule has 0 spiro atoms. The summed E-state index contributed by atoms with van der Waals surface area (Å²) in [5, 5.41) is 9.24. The van der Waals surface area contributed by atoms with Crippen LogP contribution in [-0.2, 0) is 12.8 Å². The second kappa shape index (κ2) is 9.28. The van der Waals surface area contributed by atoms with Crippen molar-refractivity contribution in [1.82, 2.24) is 15.2 Å². The van der Waals surface area contributed by atoms with Crippen LogP contribution in [0.5, 0.6) is 5.75 Å². The first kappa shape index (κ1) is 20.4. The summed E-state index contributed by atoms with van der Waals surface area (Å²) in [4.78, 5) is 4.45. The number of ether oxygens (including phenoxy) is 1. The van der Waals surface area contributed by atoms with Crippen LogP contribution in [-0.4, -0.2) is 21.8 Å². The maximum atomic E-state index is 6.21. The first-order valence-electron chi connectivity index (χ1n) is 9.58. The number of hydrogen-bond donors (Lipinski definition) is 0. The lowest BCUT2D eigenvalue weighted by Gasteiger charge is -2.06. The van der Waals surface area contributed by atoms with Crippen LogP contribution in [0.15, 0.2) is 65.2 Å². The van der Waals surface area contributed by atoms with Gasteiger partial charge in [0, 0.05) is 28.9 Å². The Bertz CT molecular complexity index is 1130. The zero-order valence-electron chi connectivity index (χ0n) is 16.3. The highest BCUT2D eigenvalue weighted by Gasteiger charge is 2.14. The van der Waals surface area contributed by atoms with E-state index in [-0.39, 0.29) is 0 Å². The van der Waals surface area contributed by atoms with E-state index in [1.807, 2.05) is 36.5 Å². The number of nitrogens with zero attached hydrogens (tertiary/aromatic N) is 3. The summed E-state index contributed by atoms with van der Waals surface area (Å²) in [6.07, 6.45) is 3.66. The van der Waals surface area contributed by atoms with Crippen LogP contribution in [0.4, 0.5) is 0 Å². The minimum absolute atomic E-state index is 0.319. The Balaban J connectivity index is 1.39.